The number of aliphatic hydroxyl groups excluding tert-OH is 1. The Morgan fingerprint density at radius 3 is 2.33 bits per heavy atom. The summed E-state index contributed by atoms with van der Waals surface area (Å²) in [5.41, 5.74) is 9.54. The van der Waals surface area contributed by atoms with Gasteiger partial charge in [-0.05, 0) is 48.9 Å². The first kappa shape index (κ1) is 25.1. The smallest absolute Gasteiger partial charge is 0.246 e. The molecule has 0 bridgehead atoms. The average Bonchev–Trinajstić information content (AvgIpc) is 2.72. The Bertz CT molecular complexity index is 757. The lowest BCUT2D eigenvalue weighted by Gasteiger charge is -2.22. The summed E-state index contributed by atoms with van der Waals surface area (Å²) in [6, 6.07) is 5.98. The van der Waals surface area contributed by atoms with Crippen LogP contribution >= 0.6 is 0 Å². The zero-order valence-corrected chi connectivity index (χ0v) is 17.8. The van der Waals surface area contributed by atoms with E-state index in [4.69, 9.17) is 10.6 Å². The second kappa shape index (κ2) is 13.3. The molecule has 0 aliphatic rings. The van der Waals surface area contributed by atoms with Crippen LogP contribution in [0.3, 0.4) is 0 Å². The Morgan fingerprint density at radius 1 is 1.10 bits per heavy atom. The summed E-state index contributed by atoms with van der Waals surface area (Å²) >= 11 is 0. The molecule has 164 valence electrons. The fourth-order valence-corrected chi connectivity index (χ4v) is 2.86. The highest BCUT2D eigenvalue weighted by Gasteiger charge is 2.27. The first-order chi connectivity index (χ1) is 14.3. The minimum atomic E-state index is -0.768. The van der Waals surface area contributed by atoms with E-state index >= 15 is 0 Å². The van der Waals surface area contributed by atoms with E-state index < -0.39 is 12.0 Å². The number of aliphatic hydroxyl groups is 1. The molecular formula is C21H31N5O4. The summed E-state index contributed by atoms with van der Waals surface area (Å²) in [6.07, 6.45) is 1.68. The summed E-state index contributed by atoms with van der Waals surface area (Å²) in [6.45, 7) is 5.60. The van der Waals surface area contributed by atoms with Crippen LogP contribution in [0.5, 0.6) is 0 Å². The molecule has 3 N–H and O–H groups in total. The number of nitrogens with zero attached hydrogens (tertiary/aromatic N) is 3. The molecule has 9 heteroatoms. The number of rotatable bonds is 13. The third-order valence-electron chi connectivity index (χ3n) is 4.77. The summed E-state index contributed by atoms with van der Waals surface area (Å²) in [5, 5.41) is 17.9. The number of carbonyl (C=O) groups excluding carboxylic acids is 3. The predicted molar refractivity (Wildman–Crippen MR) is 114 cm³/mol. The zero-order valence-electron chi connectivity index (χ0n) is 17.8. The Hall–Kier alpha value is -2.90. The largest absolute Gasteiger partial charge is 0.392 e. The van der Waals surface area contributed by atoms with Crippen molar-refractivity contribution in [1.82, 2.24) is 5.32 Å². The van der Waals surface area contributed by atoms with Gasteiger partial charge < -0.3 is 15.7 Å². The van der Waals surface area contributed by atoms with E-state index in [0.717, 1.165) is 5.56 Å². The molecule has 0 spiro atoms. The molecule has 2 atom stereocenters. The molecule has 0 radical (unpaired) electrons. The van der Waals surface area contributed by atoms with E-state index in [1.165, 1.54) is 0 Å². The quantitative estimate of drug-likeness (QED) is 0.196. The molecule has 1 rings (SSSR count). The summed E-state index contributed by atoms with van der Waals surface area (Å²) in [5.74, 6) is -1.30. The van der Waals surface area contributed by atoms with Crippen LogP contribution in [0.25, 0.3) is 10.4 Å². The Balaban J connectivity index is 2.56. The summed E-state index contributed by atoms with van der Waals surface area (Å²) in [7, 11) is 0. The van der Waals surface area contributed by atoms with Crippen molar-refractivity contribution in [3.8, 4) is 0 Å². The number of hydrogen-bond acceptors (Lipinski definition) is 5. The van der Waals surface area contributed by atoms with Gasteiger partial charge in [0.1, 0.15) is 11.8 Å². The van der Waals surface area contributed by atoms with Crippen molar-refractivity contribution in [3.05, 3.63) is 40.3 Å². The zero-order chi connectivity index (χ0) is 22.5. The molecule has 1 aromatic rings. The van der Waals surface area contributed by atoms with Gasteiger partial charge in [-0.3, -0.25) is 14.4 Å². The maximum atomic E-state index is 12.7. The lowest BCUT2D eigenvalue weighted by molar-refractivity contribution is -0.133. The molecule has 0 saturated carbocycles. The number of nitrogens with one attached hydrogen (secondary N) is 2. The number of carbonyl (C=O) groups is 3. The van der Waals surface area contributed by atoms with Gasteiger partial charge >= 0.3 is 0 Å². The molecule has 0 aliphatic carbocycles. The van der Waals surface area contributed by atoms with E-state index in [-0.39, 0.29) is 36.5 Å². The van der Waals surface area contributed by atoms with E-state index in [1.807, 2.05) is 13.8 Å². The molecule has 0 saturated heterocycles. The normalized spacial score (nSPS) is 12.6. The van der Waals surface area contributed by atoms with Crippen molar-refractivity contribution >= 4 is 23.3 Å². The van der Waals surface area contributed by atoms with Crippen LogP contribution in [-0.4, -0.2) is 35.3 Å². The molecule has 0 fully saturated rings. The monoisotopic (exact) mass is 417 g/mol. The number of benzene rings is 1. The maximum absolute atomic E-state index is 12.7. The first-order valence-corrected chi connectivity index (χ1v) is 10.1. The summed E-state index contributed by atoms with van der Waals surface area (Å²) < 4.78 is 0. The van der Waals surface area contributed by atoms with Gasteiger partial charge in [0.05, 0.1) is 6.61 Å². The first-order valence-electron chi connectivity index (χ1n) is 10.1. The number of anilines is 1. The van der Waals surface area contributed by atoms with Crippen LogP contribution in [0.15, 0.2) is 29.4 Å². The lowest BCUT2D eigenvalue weighted by Crippen LogP contribution is -2.45. The third-order valence-corrected chi connectivity index (χ3v) is 4.77. The van der Waals surface area contributed by atoms with Gasteiger partial charge in [0, 0.05) is 35.9 Å². The Morgan fingerprint density at radius 2 is 1.77 bits per heavy atom. The van der Waals surface area contributed by atoms with E-state index in [9.17, 15) is 14.4 Å². The van der Waals surface area contributed by atoms with E-state index in [2.05, 4.69) is 20.7 Å². The van der Waals surface area contributed by atoms with Crippen molar-refractivity contribution in [2.75, 3.05) is 11.9 Å². The van der Waals surface area contributed by atoms with Crippen LogP contribution in [0.1, 0.15) is 52.0 Å². The van der Waals surface area contributed by atoms with Crippen LogP contribution in [0, 0.1) is 11.8 Å². The highest BCUT2D eigenvalue weighted by molar-refractivity contribution is 5.97. The van der Waals surface area contributed by atoms with Crippen LogP contribution < -0.4 is 10.6 Å². The van der Waals surface area contributed by atoms with Crippen molar-refractivity contribution in [2.45, 2.75) is 59.1 Å². The minimum absolute atomic E-state index is 0.0223. The van der Waals surface area contributed by atoms with E-state index in [0.29, 0.717) is 31.5 Å². The highest BCUT2D eigenvalue weighted by Crippen LogP contribution is 2.18. The number of amides is 2. The number of hydrogen-bond donors (Lipinski definition) is 3. The van der Waals surface area contributed by atoms with Crippen LogP contribution in [0.4, 0.5) is 5.69 Å². The molecule has 0 heterocycles. The number of ketones is 1. The fraction of sp³-hybridized carbons (Fsp3) is 0.571. The molecule has 30 heavy (non-hydrogen) atoms. The Labute approximate surface area is 176 Å². The number of Topliss-reactive ketones (excluding diaryl/α,β-unsaturated/α-hetero) is 1. The van der Waals surface area contributed by atoms with Crippen LogP contribution in [-0.2, 0) is 21.0 Å². The second-order valence-electron chi connectivity index (χ2n) is 7.58. The lowest BCUT2D eigenvalue weighted by atomic mass is 9.88. The number of azide groups is 1. The maximum Gasteiger partial charge on any atom is 0.246 e. The van der Waals surface area contributed by atoms with E-state index in [1.54, 1.807) is 31.2 Å². The van der Waals surface area contributed by atoms with Crippen LogP contribution in [0.2, 0.25) is 0 Å². The van der Waals surface area contributed by atoms with Gasteiger partial charge in [0.25, 0.3) is 0 Å². The standard InChI is InChI=1S/C21H31N5O4/c1-14(2)19(12-18(28)6-4-5-11-23-26-22)21(30)24-15(3)20(29)25-17-9-7-16(13-27)8-10-17/h7-10,14-15,19,27H,4-6,11-13H2,1-3H3,(H,24,30)(H,25,29)/t15-,19-/m0/s1. The molecule has 0 aromatic heterocycles. The third kappa shape index (κ3) is 9.07. The molecule has 9 nitrogen and oxygen atoms in total. The van der Waals surface area contributed by atoms with Gasteiger partial charge in [-0.1, -0.05) is 31.1 Å². The van der Waals surface area contributed by atoms with Crippen molar-refractivity contribution in [3.63, 3.8) is 0 Å². The predicted octanol–water partition coefficient (Wildman–Crippen LogP) is 3.33. The molecule has 2 amide bonds. The molecule has 0 unspecified atom stereocenters. The van der Waals surface area contributed by atoms with Gasteiger partial charge in [0.15, 0.2) is 0 Å². The highest BCUT2D eigenvalue weighted by atomic mass is 16.3. The second-order valence-corrected chi connectivity index (χ2v) is 7.58. The topological polar surface area (TPSA) is 144 Å². The summed E-state index contributed by atoms with van der Waals surface area (Å²) in [4.78, 5) is 39.9. The molecular weight excluding hydrogens is 386 g/mol. The van der Waals surface area contributed by atoms with Crippen molar-refractivity contribution in [1.29, 1.82) is 0 Å². The van der Waals surface area contributed by atoms with Gasteiger partial charge in [0.2, 0.25) is 11.8 Å². The molecule has 0 aliphatic heterocycles. The van der Waals surface area contributed by atoms with Gasteiger partial charge in [-0.25, -0.2) is 0 Å². The van der Waals surface area contributed by atoms with Gasteiger partial charge in [-0.15, -0.1) is 0 Å². The average molecular weight is 418 g/mol. The van der Waals surface area contributed by atoms with Crippen molar-refractivity contribution < 1.29 is 19.5 Å². The van der Waals surface area contributed by atoms with Gasteiger partial charge in [-0.2, -0.15) is 0 Å². The fourth-order valence-electron chi connectivity index (χ4n) is 2.86. The minimum Gasteiger partial charge on any atom is -0.392 e. The van der Waals surface area contributed by atoms with Crippen molar-refractivity contribution in [2.24, 2.45) is 17.0 Å². The number of unbranched alkanes of at least 4 members (excludes halogenated alkanes) is 1. The molecule has 1 aromatic carbocycles. The Kier molecular flexibility index (Phi) is 11.2. The SMILES string of the molecule is CC(C)[C@H](CC(=O)CCCCN=[N+]=[N-])C(=O)N[C@@H](C)C(=O)Nc1ccc(CO)cc1.